The van der Waals surface area contributed by atoms with Gasteiger partial charge in [-0.25, -0.2) is 31.1 Å². The lowest BCUT2D eigenvalue weighted by molar-refractivity contribution is -0.398. The normalized spacial score (nSPS) is 19.1. The minimum Gasteiger partial charge on any atom is -0.421 e. The maximum atomic E-state index is 13.4. The summed E-state index contributed by atoms with van der Waals surface area (Å²) in [6.07, 6.45) is -29.3. The van der Waals surface area contributed by atoms with Gasteiger partial charge in [0.15, 0.2) is 18.5 Å². The van der Waals surface area contributed by atoms with Gasteiger partial charge in [-0.05, 0) is 0 Å². The van der Waals surface area contributed by atoms with Gasteiger partial charge in [0.05, 0.1) is 0 Å². The van der Waals surface area contributed by atoms with Crippen molar-refractivity contribution in [3.8, 4) is 0 Å². The van der Waals surface area contributed by atoms with Crippen molar-refractivity contribution in [2.45, 2.75) is 61.2 Å². The summed E-state index contributed by atoms with van der Waals surface area (Å²) >= 11 is 0. The highest BCUT2D eigenvalue weighted by Gasteiger charge is 2.85. The monoisotopic (exact) mass is 482 g/mol. The summed E-state index contributed by atoms with van der Waals surface area (Å²) < 4.78 is 198. The lowest BCUT2D eigenvalue weighted by Crippen LogP contribution is -2.68. The first-order valence-electron chi connectivity index (χ1n) is 7.04. The molecule has 0 fully saturated rings. The molecule has 0 bridgehead atoms. The van der Waals surface area contributed by atoms with Crippen molar-refractivity contribution in [3.05, 3.63) is 12.7 Å². The zero-order chi connectivity index (χ0) is 24.5. The van der Waals surface area contributed by atoms with Crippen LogP contribution in [0.25, 0.3) is 0 Å². The first-order valence-corrected chi connectivity index (χ1v) is 7.04. The van der Waals surface area contributed by atoms with Crippen LogP contribution in [0.1, 0.15) is 0 Å². The van der Waals surface area contributed by atoms with Gasteiger partial charge in [0, 0.05) is 6.08 Å². The van der Waals surface area contributed by atoms with Crippen LogP contribution >= 0.6 is 0 Å². The van der Waals surface area contributed by atoms with Crippen LogP contribution in [0.3, 0.4) is 0 Å². The number of hydrogen-bond donors (Lipinski definition) is 0. The smallest absolute Gasteiger partial charge is 0.385 e. The molecule has 0 amide bonds. The van der Waals surface area contributed by atoms with Gasteiger partial charge < -0.3 is 4.74 Å². The zero-order valence-corrected chi connectivity index (χ0v) is 13.7. The Morgan fingerprint density at radius 3 is 1.47 bits per heavy atom. The van der Waals surface area contributed by atoms with Gasteiger partial charge in [0.25, 0.3) is 6.43 Å². The Morgan fingerprint density at radius 2 is 1.10 bits per heavy atom. The Balaban J connectivity index is 6.03. The van der Waals surface area contributed by atoms with Crippen LogP contribution in [-0.2, 0) is 9.53 Å². The predicted molar refractivity (Wildman–Crippen MR) is 66.6 cm³/mol. The zero-order valence-electron chi connectivity index (χ0n) is 13.7. The summed E-state index contributed by atoms with van der Waals surface area (Å²) in [7, 11) is 0. The molecule has 0 aromatic heterocycles. The molecule has 0 radical (unpaired) electrons. The van der Waals surface area contributed by atoms with E-state index >= 15 is 0 Å². The third kappa shape index (κ3) is 4.73. The molecule has 0 aliphatic heterocycles. The Hall–Kier alpha value is -1.84. The van der Waals surface area contributed by atoms with Crippen molar-refractivity contribution in [1.82, 2.24) is 0 Å². The molecule has 0 rings (SSSR count). The van der Waals surface area contributed by atoms with E-state index in [4.69, 9.17) is 0 Å². The van der Waals surface area contributed by atoms with Gasteiger partial charge in [-0.1, -0.05) is 6.58 Å². The standard InChI is InChI=1S/C13H9F15O2/c1-2-3(29)30-9(20)11(23,24)13(27,28)12(25,26)10(21,22)7(17)5(15)4(14)6(16)8(18)19/h2,4-9H,1H2. The van der Waals surface area contributed by atoms with Gasteiger partial charge in [-0.2, -0.15) is 39.5 Å². The first-order chi connectivity index (χ1) is 13.2. The molecule has 30 heavy (non-hydrogen) atoms. The van der Waals surface area contributed by atoms with Crippen molar-refractivity contribution in [3.63, 3.8) is 0 Å². The van der Waals surface area contributed by atoms with Gasteiger partial charge in [0.1, 0.15) is 0 Å². The second-order valence-electron chi connectivity index (χ2n) is 5.42. The van der Waals surface area contributed by atoms with Crippen LogP contribution in [0.5, 0.6) is 0 Å². The molecule has 5 atom stereocenters. The molecule has 0 aromatic rings. The molecule has 0 saturated carbocycles. The lowest BCUT2D eigenvalue weighted by atomic mass is 9.92. The van der Waals surface area contributed by atoms with E-state index in [0.29, 0.717) is 0 Å². The quantitative estimate of drug-likeness (QED) is 0.231. The Kier molecular flexibility index (Phi) is 8.55. The fourth-order valence-electron chi connectivity index (χ4n) is 1.63. The number of halogens is 15. The van der Waals surface area contributed by atoms with Gasteiger partial charge in [0.2, 0.25) is 6.17 Å². The van der Waals surface area contributed by atoms with Gasteiger partial charge >= 0.3 is 36.0 Å². The maximum absolute atomic E-state index is 13.4. The number of rotatable bonds is 11. The average Bonchev–Trinajstić information content (AvgIpc) is 2.64. The minimum absolute atomic E-state index is 0.142. The fourth-order valence-corrected chi connectivity index (χ4v) is 1.63. The maximum Gasteiger partial charge on any atom is 0.385 e. The van der Waals surface area contributed by atoms with Crippen LogP contribution in [0.15, 0.2) is 12.7 Å². The van der Waals surface area contributed by atoms with E-state index in [9.17, 15) is 70.7 Å². The molecule has 5 unspecified atom stereocenters. The highest BCUT2D eigenvalue weighted by molar-refractivity contribution is 5.81. The topological polar surface area (TPSA) is 26.3 Å². The van der Waals surface area contributed by atoms with E-state index in [1.165, 1.54) is 0 Å². The van der Waals surface area contributed by atoms with E-state index in [1.807, 2.05) is 0 Å². The largest absolute Gasteiger partial charge is 0.421 e. The lowest BCUT2D eigenvalue weighted by Gasteiger charge is -2.39. The predicted octanol–water partition coefficient (Wildman–Crippen LogP) is 5.17. The van der Waals surface area contributed by atoms with Crippen molar-refractivity contribution in [2.24, 2.45) is 0 Å². The molecule has 17 heteroatoms. The number of carbonyl (C=O) groups excluding carboxylic acids is 1. The summed E-state index contributed by atoms with van der Waals surface area (Å²) in [5, 5.41) is 0. The van der Waals surface area contributed by atoms with E-state index in [0.717, 1.165) is 0 Å². The molecule has 0 N–H and O–H groups in total. The summed E-state index contributed by atoms with van der Waals surface area (Å²) in [4.78, 5) is 10.5. The van der Waals surface area contributed by atoms with Crippen molar-refractivity contribution >= 4 is 5.97 Å². The third-order valence-corrected chi connectivity index (χ3v) is 3.38. The van der Waals surface area contributed by atoms with Gasteiger partial charge in [-0.3, -0.25) is 0 Å². The number of alkyl halides is 15. The SMILES string of the molecule is C=CC(=O)OC(F)C(F)(F)C(F)(F)C(F)(F)C(F)(F)C(F)C(F)C(F)C(F)C(F)F. The minimum atomic E-state index is -7.76. The van der Waals surface area contributed by atoms with Crippen LogP contribution in [0.4, 0.5) is 65.9 Å². The summed E-state index contributed by atoms with van der Waals surface area (Å²) in [6.45, 7) is 2.48. The molecule has 0 aliphatic rings. The van der Waals surface area contributed by atoms with E-state index in [1.54, 1.807) is 0 Å². The van der Waals surface area contributed by atoms with Crippen molar-refractivity contribution in [2.75, 3.05) is 0 Å². The molecule has 0 aliphatic carbocycles. The van der Waals surface area contributed by atoms with Crippen molar-refractivity contribution in [1.29, 1.82) is 0 Å². The second-order valence-corrected chi connectivity index (χ2v) is 5.42. The summed E-state index contributed by atoms with van der Waals surface area (Å²) in [5.41, 5.74) is 0. The second kappa shape index (κ2) is 9.11. The molecule has 0 aromatic carbocycles. The summed E-state index contributed by atoms with van der Waals surface area (Å²) in [5.74, 6) is -32.0. The molecule has 0 heterocycles. The molecule has 178 valence electrons. The molecule has 0 saturated heterocycles. The highest BCUT2D eigenvalue weighted by Crippen LogP contribution is 2.56. The molecular formula is C13H9F15O2. The van der Waals surface area contributed by atoms with Crippen LogP contribution in [0, 0.1) is 0 Å². The Morgan fingerprint density at radius 1 is 0.700 bits per heavy atom. The van der Waals surface area contributed by atoms with E-state index in [2.05, 4.69) is 11.3 Å². The van der Waals surface area contributed by atoms with Gasteiger partial charge in [-0.15, -0.1) is 0 Å². The van der Waals surface area contributed by atoms with E-state index < -0.39 is 67.1 Å². The number of esters is 1. The van der Waals surface area contributed by atoms with Crippen LogP contribution in [0.2, 0.25) is 0 Å². The average molecular weight is 482 g/mol. The molecule has 0 spiro atoms. The number of ether oxygens (including phenoxy) is 1. The molecular weight excluding hydrogens is 473 g/mol. The van der Waals surface area contributed by atoms with Crippen molar-refractivity contribution < 1.29 is 75.4 Å². The van der Waals surface area contributed by atoms with E-state index in [-0.39, 0.29) is 6.08 Å². The highest BCUT2D eigenvalue weighted by atomic mass is 19.4. The fraction of sp³-hybridized carbons (Fsp3) is 0.769. The Labute approximate surface area is 156 Å². The Bertz CT molecular complexity index is 607. The number of carbonyl (C=O) groups is 1. The first kappa shape index (κ1) is 28.2. The molecule has 2 nitrogen and oxygen atoms in total. The van der Waals surface area contributed by atoms with Crippen LogP contribution < -0.4 is 0 Å². The number of hydrogen-bond acceptors (Lipinski definition) is 2. The van der Waals surface area contributed by atoms with Crippen LogP contribution in [-0.4, -0.2) is 67.1 Å². The third-order valence-electron chi connectivity index (χ3n) is 3.38. The summed E-state index contributed by atoms with van der Waals surface area (Å²) in [6, 6.07) is 0.